The highest BCUT2D eigenvalue weighted by atomic mass is 32.1. The molecule has 1 aromatic rings. The van der Waals surface area contributed by atoms with E-state index >= 15 is 0 Å². The topological polar surface area (TPSA) is 84.7 Å². The fourth-order valence-corrected chi connectivity index (χ4v) is 2.68. The number of nitrogens with zero attached hydrogens (tertiary/aromatic N) is 1. The first kappa shape index (κ1) is 27.7. The zero-order valence-electron chi connectivity index (χ0n) is 17.7. The number of hydrogen-bond donors (Lipinski definition) is 3. The van der Waals surface area contributed by atoms with Gasteiger partial charge in [0.25, 0.3) is 0 Å². The van der Waals surface area contributed by atoms with E-state index in [0.717, 1.165) is 4.31 Å². The number of halogens is 6. The third-order valence-electron chi connectivity index (χ3n) is 3.96. The van der Waals surface area contributed by atoms with Crippen molar-refractivity contribution in [2.24, 2.45) is 0 Å². The maximum absolute atomic E-state index is 13.0. The van der Waals surface area contributed by atoms with Gasteiger partial charge in [0.2, 0.25) is 5.91 Å². The molecule has 3 N–H and O–H groups in total. The molecule has 0 spiro atoms. The molecule has 0 bridgehead atoms. The van der Waals surface area contributed by atoms with Gasteiger partial charge in [-0.25, -0.2) is 4.79 Å². The first-order valence-corrected chi connectivity index (χ1v) is 9.89. The Labute approximate surface area is 187 Å². The molecular weight excluding hydrogens is 464 g/mol. The molecule has 32 heavy (non-hydrogen) atoms. The van der Waals surface area contributed by atoms with Crippen LogP contribution in [0.1, 0.15) is 57.6 Å². The van der Waals surface area contributed by atoms with Gasteiger partial charge in [-0.15, -0.1) is 0 Å². The Hall–Kier alpha value is -2.31. The molecule has 6 nitrogen and oxygen atoms in total. The van der Waals surface area contributed by atoms with Crippen LogP contribution < -0.4 is 11.1 Å². The summed E-state index contributed by atoms with van der Waals surface area (Å²) < 4.78 is 84.1. The quantitative estimate of drug-likeness (QED) is 0.193. The predicted molar refractivity (Wildman–Crippen MR) is 110 cm³/mol. The Balaban J connectivity index is 2.66. The maximum atomic E-state index is 13.0. The lowest BCUT2D eigenvalue weighted by atomic mass is 10.1. The molecule has 0 saturated carbocycles. The Morgan fingerprint density at radius 1 is 1.03 bits per heavy atom. The van der Waals surface area contributed by atoms with Gasteiger partial charge in [-0.1, -0.05) is 19.2 Å². The SMILES string of the molecule is CC(C)(C)OC(=O)N(S)CCCCCC(=O)Nc1cc(C(F)(F)F)cc(C(F)(F)F)c1N. The van der Waals surface area contributed by atoms with E-state index in [1.807, 2.05) is 5.32 Å². The highest BCUT2D eigenvalue weighted by Gasteiger charge is 2.39. The van der Waals surface area contributed by atoms with Crippen molar-refractivity contribution in [1.82, 2.24) is 4.31 Å². The molecule has 0 atom stereocenters. The summed E-state index contributed by atoms with van der Waals surface area (Å²) in [5.74, 6) is -0.793. The number of carbonyl (C=O) groups is 2. The number of hydrogen-bond acceptors (Lipinski definition) is 5. The summed E-state index contributed by atoms with van der Waals surface area (Å²) in [6.45, 7) is 5.30. The van der Waals surface area contributed by atoms with Gasteiger partial charge in [0.15, 0.2) is 0 Å². The lowest BCUT2D eigenvalue weighted by Crippen LogP contribution is -2.31. The number of alkyl halides is 6. The minimum atomic E-state index is -5.13. The summed E-state index contributed by atoms with van der Waals surface area (Å²) in [6, 6.07) is 0.265. The molecule has 0 radical (unpaired) electrons. The predicted octanol–water partition coefficient (Wildman–Crippen LogP) is 5.89. The van der Waals surface area contributed by atoms with Crippen LogP contribution in [0.15, 0.2) is 12.1 Å². The van der Waals surface area contributed by atoms with Gasteiger partial charge < -0.3 is 15.8 Å². The van der Waals surface area contributed by atoms with Crippen LogP contribution in [-0.4, -0.2) is 28.5 Å². The highest BCUT2D eigenvalue weighted by Crippen LogP contribution is 2.42. The Morgan fingerprint density at radius 2 is 1.62 bits per heavy atom. The minimum absolute atomic E-state index is 0.0983. The molecule has 0 aliphatic rings. The Bertz CT molecular complexity index is 822. The summed E-state index contributed by atoms with van der Waals surface area (Å²) in [6.07, 6.45) is -9.83. The highest BCUT2D eigenvalue weighted by molar-refractivity contribution is 7.78. The summed E-state index contributed by atoms with van der Waals surface area (Å²) in [7, 11) is 0. The van der Waals surface area contributed by atoms with Crippen molar-refractivity contribution in [2.75, 3.05) is 17.6 Å². The molecule has 2 amide bonds. The van der Waals surface area contributed by atoms with Crippen LogP contribution in [0.3, 0.4) is 0 Å². The number of thiol groups is 1. The van der Waals surface area contributed by atoms with E-state index in [-0.39, 0.29) is 25.5 Å². The molecular formula is C19H25F6N3O3S. The molecule has 0 aliphatic heterocycles. The fraction of sp³-hybridized carbons (Fsp3) is 0.579. The van der Waals surface area contributed by atoms with Crippen molar-refractivity contribution in [3.8, 4) is 0 Å². The van der Waals surface area contributed by atoms with Crippen LogP contribution in [0.2, 0.25) is 0 Å². The molecule has 13 heteroatoms. The summed E-state index contributed by atoms with van der Waals surface area (Å²) in [4.78, 5) is 23.8. The molecule has 0 heterocycles. The van der Waals surface area contributed by atoms with E-state index in [9.17, 15) is 35.9 Å². The van der Waals surface area contributed by atoms with Crippen molar-refractivity contribution >= 4 is 36.2 Å². The van der Waals surface area contributed by atoms with Crippen LogP contribution in [0.25, 0.3) is 0 Å². The summed E-state index contributed by atoms with van der Waals surface area (Å²) in [5.41, 5.74) is -0.354. The smallest absolute Gasteiger partial charge is 0.420 e. The van der Waals surface area contributed by atoms with E-state index in [1.165, 1.54) is 0 Å². The van der Waals surface area contributed by atoms with Gasteiger partial charge in [-0.05, 0) is 45.7 Å². The average molecular weight is 489 g/mol. The molecule has 0 unspecified atom stereocenters. The van der Waals surface area contributed by atoms with Crippen molar-refractivity contribution in [1.29, 1.82) is 0 Å². The molecule has 0 aromatic heterocycles. The second-order valence-electron chi connectivity index (χ2n) is 7.94. The van der Waals surface area contributed by atoms with Crippen LogP contribution in [-0.2, 0) is 21.9 Å². The summed E-state index contributed by atoms with van der Waals surface area (Å²) in [5, 5.41) is 2.02. The number of amides is 2. The molecule has 1 aromatic carbocycles. The third kappa shape index (κ3) is 9.05. The number of rotatable bonds is 7. The Morgan fingerprint density at radius 3 is 2.12 bits per heavy atom. The second kappa shape index (κ2) is 10.5. The lowest BCUT2D eigenvalue weighted by molar-refractivity contribution is -0.142. The normalized spacial score (nSPS) is 12.4. The second-order valence-corrected chi connectivity index (χ2v) is 8.43. The number of benzene rings is 1. The number of anilines is 2. The largest absolute Gasteiger partial charge is 0.443 e. The van der Waals surface area contributed by atoms with Gasteiger partial charge in [0.1, 0.15) is 5.60 Å². The van der Waals surface area contributed by atoms with Crippen LogP contribution >= 0.6 is 12.8 Å². The number of unbranched alkanes of at least 4 members (excludes halogenated alkanes) is 2. The number of ether oxygens (including phenoxy) is 1. The third-order valence-corrected chi connectivity index (χ3v) is 4.33. The number of nitrogens with one attached hydrogen (secondary N) is 1. The average Bonchev–Trinajstić information content (AvgIpc) is 2.59. The first-order valence-electron chi connectivity index (χ1n) is 9.49. The zero-order chi connectivity index (χ0) is 24.9. The van der Waals surface area contributed by atoms with Gasteiger partial charge >= 0.3 is 18.4 Å². The van der Waals surface area contributed by atoms with Gasteiger partial charge in [0.05, 0.1) is 22.5 Å². The van der Waals surface area contributed by atoms with Crippen LogP contribution in [0, 0.1) is 0 Å². The fourth-order valence-electron chi connectivity index (χ4n) is 2.50. The maximum Gasteiger partial charge on any atom is 0.420 e. The molecule has 0 fully saturated rings. The number of carbonyl (C=O) groups excluding carboxylic acids is 2. The van der Waals surface area contributed by atoms with E-state index in [2.05, 4.69) is 12.8 Å². The molecule has 0 aliphatic carbocycles. The molecule has 182 valence electrons. The molecule has 0 saturated heterocycles. The van der Waals surface area contributed by atoms with Gasteiger partial charge in [0, 0.05) is 13.0 Å². The monoisotopic (exact) mass is 489 g/mol. The first-order chi connectivity index (χ1) is 14.4. The van der Waals surface area contributed by atoms with Crippen molar-refractivity contribution in [2.45, 2.75) is 64.4 Å². The van der Waals surface area contributed by atoms with E-state index in [0.29, 0.717) is 18.9 Å². The van der Waals surface area contributed by atoms with Crippen molar-refractivity contribution in [3.63, 3.8) is 0 Å². The van der Waals surface area contributed by atoms with Crippen molar-refractivity contribution in [3.05, 3.63) is 23.3 Å². The standard InChI is InChI=1S/C19H25F6N3O3S/c1-17(2,3)31-16(30)28(32)8-6-4-5-7-14(29)27-13-10-11(18(20,21)22)9-12(15(13)26)19(23,24)25/h9-10,32H,4-8,26H2,1-3H3,(H,27,29). The van der Waals surface area contributed by atoms with E-state index in [1.54, 1.807) is 20.8 Å². The van der Waals surface area contributed by atoms with Crippen molar-refractivity contribution < 1.29 is 40.7 Å². The van der Waals surface area contributed by atoms with E-state index in [4.69, 9.17) is 10.5 Å². The Kier molecular flexibility index (Phi) is 9.13. The van der Waals surface area contributed by atoms with E-state index < -0.39 is 52.5 Å². The number of nitrogen functional groups attached to an aromatic ring is 1. The summed E-state index contributed by atoms with van der Waals surface area (Å²) >= 11 is 4.00. The lowest BCUT2D eigenvalue weighted by Gasteiger charge is -2.23. The zero-order valence-corrected chi connectivity index (χ0v) is 18.5. The molecule has 1 rings (SSSR count). The number of nitrogens with two attached hydrogens (primary N) is 1. The van der Waals surface area contributed by atoms with Gasteiger partial charge in [-0.3, -0.25) is 9.10 Å². The van der Waals surface area contributed by atoms with Crippen LogP contribution in [0.5, 0.6) is 0 Å². The van der Waals surface area contributed by atoms with Crippen LogP contribution in [0.4, 0.5) is 42.5 Å². The minimum Gasteiger partial charge on any atom is -0.443 e. The van der Waals surface area contributed by atoms with Gasteiger partial charge in [-0.2, -0.15) is 26.3 Å².